The molecule has 0 aliphatic carbocycles. The lowest BCUT2D eigenvalue weighted by atomic mass is 10.1. The second kappa shape index (κ2) is 13.5. The van der Waals surface area contributed by atoms with Crippen molar-refractivity contribution in [2.45, 2.75) is 44.9 Å². The SMILES string of the molecule is Cc1ccc(S(=O)(=O)N(CC(=O)N/N=C\c2ccc(OCC(=O)N3CCCCC3)cc2)c2ccc(C)cc2C)cc1. The van der Waals surface area contributed by atoms with Gasteiger partial charge < -0.3 is 9.64 Å². The van der Waals surface area contributed by atoms with Gasteiger partial charge in [-0.15, -0.1) is 0 Å². The van der Waals surface area contributed by atoms with Gasteiger partial charge in [0.1, 0.15) is 12.3 Å². The average Bonchev–Trinajstić information content (AvgIpc) is 2.96. The van der Waals surface area contributed by atoms with Gasteiger partial charge in [-0.05, 0) is 93.6 Å². The molecule has 1 heterocycles. The van der Waals surface area contributed by atoms with Gasteiger partial charge in [0.25, 0.3) is 21.8 Å². The van der Waals surface area contributed by atoms with E-state index >= 15 is 0 Å². The molecule has 0 saturated carbocycles. The maximum Gasteiger partial charge on any atom is 0.264 e. The smallest absolute Gasteiger partial charge is 0.264 e. The minimum absolute atomic E-state index is 0.00799. The summed E-state index contributed by atoms with van der Waals surface area (Å²) in [6.45, 7) is 6.72. The van der Waals surface area contributed by atoms with Gasteiger partial charge >= 0.3 is 0 Å². The molecule has 9 nitrogen and oxygen atoms in total. The van der Waals surface area contributed by atoms with Gasteiger partial charge in [-0.25, -0.2) is 13.8 Å². The van der Waals surface area contributed by atoms with Crippen LogP contribution in [0.3, 0.4) is 0 Å². The lowest BCUT2D eigenvalue weighted by molar-refractivity contribution is -0.134. The Hall–Kier alpha value is -4.18. The lowest BCUT2D eigenvalue weighted by Gasteiger charge is -2.26. The van der Waals surface area contributed by atoms with Gasteiger partial charge in [-0.1, -0.05) is 35.4 Å². The normalized spacial score (nSPS) is 13.7. The second-order valence-electron chi connectivity index (χ2n) is 10.2. The predicted octanol–water partition coefficient (Wildman–Crippen LogP) is 4.35. The van der Waals surface area contributed by atoms with Crippen LogP contribution in [0.15, 0.2) is 76.7 Å². The molecule has 1 saturated heterocycles. The Morgan fingerprint density at radius 1 is 0.927 bits per heavy atom. The first-order valence-electron chi connectivity index (χ1n) is 13.6. The van der Waals surface area contributed by atoms with Crippen molar-refractivity contribution in [3.8, 4) is 5.75 Å². The fourth-order valence-corrected chi connectivity index (χ4v) is 6.08. The number of rotatable bonds is 10. The summed E-state index contributed by atoms with van der Waals surface area (Å²) in [6, 6.07) is 18.9. The largest absolute Gasteiger partial charge is 0.484 e. The molecule has 10 heteroatoms. The molecule has 1 aliphatic rings. The Kier molecular flexibility index (Phi) is 9.78. The minimum atomic E-state index is -4.02. The molecule has 0 atom stereocenters. The van der Waals surface area contributed by atoms with E-state index < -0.39 is 22.5 Å². The van der Waals surface area contributed by atoms with Crippen molar-refractivity contribution in [1.82, 2.24) is 10.3 Å². The molecule has 0 bridgehead atoms. The number of nitrogens with one attached hydrogen (secondary N) is 1. The third-order valence-electron chi connectivity index (χ3n) is 6.87. The number of benzene rings is 3. The molecule has 3 aromatic rings. The molecular weight excluding hydrogens is 540 g/mol. The van der Waals surface area contributed by atoms with Crippen LogP contribution in [0.25, 0.3) is 0 Å². The number of piperidine rings is 1. The Morgan fingerprint density at radius 2 is 1.59 bits per heavy atom. The molecule has 1 aliphatic heterocycles. The summed E-state index contributed by atoms with van der Waals surface area (Å²) in [5.41, 5.74) is 6.19. The number of carbonyl (C=O) groups excluding carboxylic acids is 2. The molecule has 4 rings (SSSR count). The van der Waals surface area contributed by atoms with Gasteiger partial charge in [0.05, 0.1) is 16.8 Å². The van der Waals surface area contributed by atoms with Crippen molar-refractivity contribution in [2.75, 3.05) is 30.5 Å². The number of likely N-dealkylation sites (tertiary alicyclic amines) is 1. The monoisotopic (exact) mass is 576 g/mol. The molecule has 1 N–H and O–H groups in total. The molecule has 2 amide bonds. The number of carbonyl (C=O) groups is 2. The third-order valence-corrected chi connectivity index (χ3v) is 8.65. The van der Waals surface area contributed by atoms with Crippen molar-refractivity contribution in [3.63, 3.8) is 0 Å². The van der Waals surface area contributed by atoms with E-state index in [4.69, 9.17) is 4.74 Å². The maximum atomic E-state index is 13.6. The zero-order valence-electron chi connectivity index (χ0n) is 23.7. The van der Waals surface area contributed by atoms with Crippen molar-refractivity contribution < 1.29 is 22.7 Å². The first-order chi connectivity index (χ1) is 19.6. The van der Waals surface area contributed by atoms with E-state index in [1.54, 1.807) is 42.5 Å². The highest BCUT2D eigenvalue weighted by Gasteiger charge is 2.28. The summed E-state index contributed by atoms with van der Waals surface area (Å²) >= 11 is 0. The molecule has 41 heavy (non-hydrogen) atoms. The molecule has 0 unspecified atom stereocenters. The van der Waals surface area contributed by atoms with E-state index in [0.717, 1.165) is 53.3 Å². The molecular formula is C31H36N4O5S. The maximum absolute atomic E-state index is 13.6. The number of aryl methyl sites for hydroxylation is 3. The van der Waals surface area contributed by atoms with Crippen LogP contribution in [-0.2, 0) is 19.6 Å². The Morgan fingerprint density at radius 3 is 2.24 bits per heavy atom. The minimum Gasteiger partial charge on any atom is -0.484 e. The molecule has 0 spiro atoms. The van der Waals surface area contributed by atoms with E-state index in [-0.39, 0.29) is 17.4 Å². The summed E-state index contributed by atoms with van der Waals surface area (Å²) in [5, 5.41) is 4.01. The number of amides is 2. The first kappa shape index (κ1) is 29.8. The fourth-order valence-electron chi connectivity index (χ4n) is 4.60. The van der Waals surface area contributed by atoms with E-state index in [0.29, 0.717) is 17.0 Å². The Balaban J connectivity index is 1.39. The van der Waals surface area contributed by atoms with Crippen molar-refractivity contribution in [1.29, 1.82) is 0 Å². The molecule has 0 aromatic heterocycles. The summed E-state index contributed by atoms with van der Waals surface area (Å²) in [5.74, 6) is -0.0487. The second-order valence-corrected chi connectivity index (χ2v) is 12.1. The number of ether oxygens (including phenoxy) is 1. The zero-order chi connectivity index (χ0) is 29.4. The quantitative estimate of drug-likeness (QED) is 0.285. The van der Waals surface area contributed by atoms with Crippen LogP contribution < -0.4 is 14.5 Å². The highest BCUT2D eigenvalue weighted by atomic mass is 32.2. The number of anilines is 1. The van der Waals surface area contributed by atoms with E-state index in [9.17, 15) is 18.0 Å². The topological polar surface area (TPSA) is 108 Å². The number of hydrogen-bond donors (Lipinski definition) is 1. The highest BCUT2D eigenvalue weighted by Crippen LogP contribution is 2.27. The van der Waals surface area contributed by atoms with Crippen LogP contribution in [0.4, 0.5) is 5.69 Å². The Bertz CT molecular complexity index is 1500. The first-order valence-corrected chi connectivity index (χ1v) is 15.1. The van der Waals surface area contributed by atoms with Gasteiger partial charge in [-0.2, -0.15) is 5.10 Å². The number of hydrogen-bond acceptors (Lipinski definition) is 6. The fraction of sp³-hybridized carbons (Fsp3) is 0.323. The lowest BCUT2D eigenvalue weighted by Crippen LogP contribution is -2.40. The van der Waals surface area contributed by atoms with Crippen LogP contribution in [0.2, 0.25) is 0 Å². The zero-order valence-corrected chi connectivity index (χ0v) is 24.5. The predicted molar refractivity (Wildman–Crippen MR) is 160 cm³/mol. The van der Waals surface area contributed by atoms with Crippen LogP contribution in [0.5, 0.6) is 5.75 Å². The van der Waals surface area contributed by atoms with Crippen LogP contribution >= 0.6 is 0 Å². The van der Waals surface area contributed by atoms with Crippen molar-refractivity contribution >= 4 is 33.7 Å². The summed E-state index contributed by atoms with van der Waals surface area (Å²) in [4.78, 5) is 27.1. The summed E-state index contributed by atoms with van der Waals surface area (Å²) in [6.07, 6.45) is 4.67. The number of sulfonamides is 1. The number of nitrogens with zero attached hydrogens (tertiary/aromatic N) is 3. The van der Waals surface area contributed by atoms with E-state index in [1.807, 2.05) is 37.8 Å². The standard InChI is InChI=1S/C31H36N4O5S/c1-23-7-14-28(15-8-23)41(38,39)35(29-16-9-24(2)19-25(29)3)21-30(36)33-32-20-26-10-12-27(13-11-26)40-22-31(37)34-17-5-4-6-18-34/h7-16,19-20H,4-6,17-18,21-22H2,1-3H3,(H,33,36)/b32-20-. The molecule has 216 valence electrons. The van der Waals surface area contributed by atoms with Crippen molar-refractivity contribution in [3.05, 3.63) is 89.0 Å². The highest BCUT2D eigenvalue weighted by molar-refractivity contribution is 7.92. The average molecular weight is 577 g/mol. The van der Waals surface area contributed by atoms with Gasteiger partial charge in [0.2, 0.25) is 0 Å². The Labute approximate surface area is 241 Å². The molecule has 0 radical (unpaired) electrons. The van der Waals surface area contributed by atoms with Crippen LogP contribution in [0, 0.1) is 20.8 Å². The summed E-state index contributed by atoms with van der Waals surface area (Å²) < 4.78 is 33.9. The van der Waals surface area contributed by atoms with Crippen molar-refractivity contribution in [2.24, 2.45) is 5.10 Å². The molecule has 3 aromatic carbocycles. The van der Waals surface area contributed by atoms with Gasteiger partial charge in [0.15, 0.2) is 6.61 Å². The van der Waals surface area contributed by atoms with E-state index in [2.05, 4.69) is 10.5 Å². The van der Waals surface area contributed by atoms with E-state index in [1.165, 1.54) is 18.3 Å². The molecule has 1 fully saturated rings. The van der Waals surface area contributed by atoms with Gasteiger partial charge in [-0.3, -0.25) is 13.9 Å². The van der Waals surface area contributed by atoms with Crippen LogP contribution in [-0.4, -0.2) is 57.6 Å². The van der Waals surface area contributed by atoms with Gasteiger partial charge in [0, 0.05) is 13.1 Å². The van der Waals surface area contributed by atoms with Crippen LogP contribution in [0.1, 0.15) is 41.5 Å². The third kappa shape index (κ3) is 7.94. The number of hydrazone groups is 1. The summed E-state index contributed by atoms with van der Waals surface area (Å²) in [7, 11) is -4.02.